The predicted octanol–water partition coefficient (Wildman–Crippen LogP) is 0.606. The zero-order valence-corrected chi connectivity index (χ0v) is 12.2. The normalized spacial score (nSPS) is 20.8. The zero-order valence-electron chi connectivity index (χ0n) is 11.4. The number of hydrogen-bond donors (Lipinski definition) is 2. The smallest absolute Gasteiger partial charge is 0.244 e. The van der Waals surface area contributed by atoms with Gasteiger partial charge in [-0.1, -0.05) is 12.5 Å². The quantitative estimate of drug-likeness (QED) is 0.797. The van der Waals surface area contributed by atoms with Crippen LogP contribution in [0.15, 0.2) is 23.1 Å². The van der Waals surface area contributed by atoms with Gasteiger partial charge in [-0.25, -0.2) is 8.42 Å². The number of hydrogen-bond acceptors (Lipinski definition) is 4. The highest BCUT2D eigenvalue weighted by atomic mass is 32.2. The largest absolute Gasteiger partial charge is 0.398 e. The van der Waals surface area contributed by atoms with Crippen LogP contribution in [0.2, 0.25) is 0 Å². The van der Waals surface area contributed by atoms with Crippen molar-refractivity contribution in [3.8, 4) is 0 Å². The molecule has 0 bridgehead atoms. The van der Waals surface area contributed by atoms with Crippen molar-refractivity contribution in [2.75, 3.05) is 12.3 Å². The first kappa shape index (κ1) is 14.8. The van der Waals surface area contributed by atoms with Crippen LogP contribution in [0.1, 0.15) is 24.8 Å². The minimum Gasteiger partial charge on any atom is -0.398 e. The number of amides is 1. The second-order valence-corrected chi connectivity index (χ2v) is 6.86. The molecule has 1 amide bonds. The molecule has 1 saturated heterocycles. The third-order valence-corrected chi connectivity index (χ3v) is 5.75. The fraction of sp³-hybridized carbons (Fsp3) is 0.462. The topological polar surface area (TPSA) is 106 Å². The van der Waals surface area contributed by atoms with Crippen LogP contribution in [0.25, 0.3) is 0 Å². The van der Waals surface area contributed by atoms with E-state index in [1.54, 1.807) is 19.1 Å². The number of rotatable bonds is 3. The molecular formula is C13H19N3O3S. The molecule has 6 nitrogen and oxygen atoms in total. The monoisotopic (exact) mass is 297 g/mol. The summed E-state index contributed by atoms with van der Waals surface area (Å²) in [4.78, 5) is 11.6. The minimum absolute atomic E-state index is 0.144. The summed E-state index contributed by atoms with van der Waals surface area (Å²) in [7, 11) is -3.76. The lowest BCUT2D eigenvalue weighted by atomic mass is 10.0. The maximum atomic E-state index is 12.7. The highest BCUT2D eigenvalue weighted by Gasteiger charge is 2.37. The van der Waals surface area contributed by atoms with Crippen LogP contribution in [-0.4, -0.2) is 31.2 Å². The molecule has 1 atom stereocenters. The number of nitrogens with two attached hydrogens (primary N) is 2. The number of sulfonamides is 1. The lowest BCUT2D eigenvalue weighted by Gasteiger charge is -2.33. The van der Waals surface area contributed by atoms with E-state index in [1.807, 2.05) is 0 Å². The van der Waals surface area contributed by atoms with Gasteiger partial charge in [-0.3, -0.25) is 4.79 Å². The van der Waals surface area contributed by atoms with Crippen LogP contribution in [-0.2, 0) is 14.8 Å². The molecule has 0 spiro atoms. The predicted molar refractivity (Wildman–Crippen MR) is 76.3 cm³/mol. The van der Waals surface area contributed by atoms with Crippen LogP contribution in [0, 0.1) is 6.92 Å². The number of anilines is 1. The summed E-state index contributed by atoms with van der Waals surface area (Å²) in [6.07, 6.45) is 2.00. The van der Waals surface area contributed by atoms with Crippen molar-refractivity contribution < 1.29 is 13.2 Å². The van der Waals surface area contributed by atoms with Crippen molar-refractivity contribution in [2.45, 2.75) is 37.1 Å². The van der Waals surface area contributed by atoms with E-state index in [4.69, 9.17) is 11.5 Å². The van der Waals surface area contributed by atoms with E-state index in [2.05, 4.69) is 0 Å². The molecule has 4 N–H and O–H groups in total. The molecule has 1 aromatic rings. The van der Waals surface area contributed by atoms with E-state index in [-0.39, 0.29) is 4.90 Å². The van der Waals surface area contributed by atoms with Gasteiger partial charge in [0.1, 0.15) is 6.04 Å². The van der Waals surface area contributed by atoms with Gasteiger partial charge >= 0.3 is 0 Å². The summed E-state index contributed by atoms with van der Waals surface area (Å²) >= 11 is 0. The van der Waals surface area contributed by atoms with Crippen LogP contribution in [0.3, 0.4) is 0 Å². The summed E-state index contributed by atoms with van der Waals surface area (Å²) in [6.45, 7) is 1.97. The Bertz CT molecular complexity index is 628. The molecule has 0 aromatic heterocycles. The van der Waals surface area contributed by atoms with Gasteiger partial charge < -0.3 is 11.5 Å². The number of carbonyl (C=O) groups is 1. The Morgan fingerprint density at radius 1 is 1.35 bits per heavy atom. The summed E-state index contributed by atoms with van der Waals surface area (Å²) in [5.41, 5.74) is 12.0. The van der Waals surface area contributed by atoms with E-state index in [1.165, 1.54) is 10.4 Å². The minimum atomic E-state index is -3.76. The second-order valence-electron chi connectivity index (χ2n) is 5.00. The highest BCUT2D eigenvalue weighted by Crippen LogP contribution is 2.28. The Labute approximate surface area is 118 Å². The SMILES string of the molecule is Cc1c(N)cccc1S(=O)(=O)N1CCCCC1C(N)=O. The van der Waals surface area contributed by atoms with Gasteiger partial charge in [0, 0.05) is 12.2 Å². The maximum absolute atomic E-state index is 12.7. The van der Waals surface area contributed by atoms with E-state index >= 15 is 0 Å². The maximum Gasteiger partial charge on any atom is 0.244 e. The van der Waals surface area contributed by atoms with Crippen LogP contribution in [0.5, 0.6) is 0 Å². The number of nitrogen functional groups attached to an aromatic ring is 1. The fourth-order valence-corrected chi connectivity index (χ4v) is 4.44. The zero-order chi connectivity index (χ0) is 14.9. The van der Waals surface area contributed by atoms with Crippen molar-refractivity contribution in [3.63, 3.8) is 0 Å². The first-order chi connectivity index (χ1) is 9.35. The van der Waals surface area contributed by atoms with Crippen LogP contribution in [0.4, 0.5) is 5.69 Å². The first-order valence-electron chi connectivity index (χ1n) is 6.52. The average molecular weight is 297 g/mol. The molecule has 7 heteroatoms. The standard InChI is InChI=1S/C13H19N3O3S/c1-9-10(14)5-4-7-12(9)20(18,19)16-8-3-2-6-11(16)13(15)17/h4-5,7,11H,2-3,6,8,14H2,1H3,(H2,15,17). The van der Waals surface area contributed by atoms with Gasteiger partial charge in [-0.05, 0) is 37.5 Å². The Hall–Kier alpha value is -1.60. The summed E-state index contributed by atoms with van der Waals surface area (Å²) in [5, 5.41) is 0. The van der Waals surface area contributed by atoms with Crippen molar-refractivity contribution in [2.24, 2.45) is 5.73 Å². The van der Waals surface area contributed by atoms with Gasteiger partial charge in [0.15, 0.2) is 0 Å². The third-order valence-electron chi connectivity index (χ3n) is 3.69. The van der Waals surface area contributed by atoms with Gasteiger partial charge in [-0.15, -0.1) is 0 Å². The van der Waals surface area contributed by atoms with E-state index in [0.717, 1.165) is 12.8 Å². The van der Waals surface area contributed by atoms with Crippen molar-refractivity contribution in [1.29, 1.82) is 0 Å². The molecule has 0 radical (unpaired) electrons. The summed E-state index contributed by atoms with van der Waals surface area (Å²) in [5.74, 6) is -0.602. The number of piperidine rings is 1. The van der Waals surface area contributed by atoms with Gasteiger partial charge in [0.2, 0.25) is 15.9 Å². The first-order valence-corrected chi connectivity index (χ1v) is 7.96. The lowest BCUT2D eigenvalue weighted by molar-refractivity contribution is -0.122. The molecule has 1 heterocycles. The number of primary amides is 1. The summed E-state index contributed by atoms with van der Waals surface area (Å²) < 4.78 is 26.7. The molecule has 0 aliphatic carbocycles. The number of nitrogens with zero attached hydrogens (tertiary/aromatic N) is 1. The molecule has 110 valence electrons. The molecule has 0 saturated carbocycles. The Morgan fingerprint density at radius 2 is 2.05 bits per heavy atom. The Balaban J connectivity index is 2.48. The van der Waals surface area contributed by atoms with Crippen molar-refractivity contribution >= 4 is 21.6 Å². The van der Waals surface area contributed by atoms with Crippen LogP contribution < -0.4 is 11.5 Å². The molecule has 1 aliphatic rings. The molecular weight excluding hydrogens is 278 g/mol. The molecule has 1 fully saturated rings. The van der Waals surface area contributed by atoms with Crippen molar-refractivity contribution in [1.82, 2.24) is 4.31 Å². The highest BCUT2D eigenvalue weighted by molar-refractivity contribution is 7.89. The van der Waals surface area contributed by atoms with E-state index in [0.29, 0.717) is 24.2 Å². The Kier molecular flexibility index (Phi) is 4.01. The molecule has 2 rings (SSSR count). The van der Waals surface area contributed by atoms with E-state index < -0.39 is 22.0 Å². The van der Waals surface area contributed by atoms with E-state index in [9.17, 15) is 13.2 Å². The molecule has 1 aromatic carbocycles. The number of benzene rings is 1. The van der Waals surface area contributed by atoms with Gasteiger partial charge in [0.25, 0.3) is 0 Å². The molecule has 1 unspecified atom stereocenters. The molecule has 20 heavy (non-hydrogen) atoms. The molecule has 1 aliphatic heterocycles. The Morgan fingerprint density at radius 3 is 2.70 bits per heavy atom. The van der Waals surface area contributed by atoms with Gasteiger partial charge in [0.05, 0.1) is 4.90 Å². The summed E-state index contributed by atoms with van der Waals surface area (Å²) in [6, 6.07) is 3.98. The lowest BCUT2D eigenvalue weighted by Crippen LogP contribution is -2.50. The third kappa shape index (κ3) is 2.51. The van der Waals surface area contributed by atoms with Crippen LogP contribution >= 0.6 is 0 Å². The van der Waals surface area contributed by atoms with Crippen molar-refractivity contribution in [3.05, 3.63) is 23.8 Å². The van der Waals surface area contributed by atoms with Gasteiger partial charge in [-0.2, -0.15) is 4.31 Å². The number of carbonyl (C=O) groups excluding carboxylic acids is 1. The second kappa shape index (κ2) is 5.41. The fourth-order valence-electron chi connectivity index (χ4n) is 2.51. The average Bonchev–Trinajstić information content (AvgIpc) is 2.41.